The molecule has 1 amide bonds. The van der Waals surface area contributed by atoms with Crippen molar-refractivity contribution in [1.29, 1.82) is 0 Å². The number of hydrogen-bond donors (Lipinski definition) is 2. The number of oxazole rings is 1. The molecule has 3 rings (SSSR count). The largest absolute Gasteiger partial charge is 0.507 e. The molecule has 112 valence electrons. The number of aromatic nitrogens is 1. The molecular weight excluding hydrogens is 280 g/mol. The fourth-order valence-electron chi connectivity index (χ4n) is 2.06. The van der Waals surface area contributed by atoms with Gasteiger partial charge >= 0.3 is 0 Å². The van der Waals surface area contributed by atoms with Crippen LogP contribution in [0.2, 0.25) is 0 Å². The Morgan fingerprint density at radius 3 is 2.73 bits per heavy atom. The highest BCUT2D eigenvalue weighted by Gasteiger charge is 2.14. The van der Waals surface area contributed by atoms with Crippen molar-refractivity contribution in [3.8, 4) is 17.2 Å². The molecule has 5 heteroatoms. The highest BCUT2D eigenvalue weighted by molar-refractivity contribution is 5.93. The third-order valence-electron chi connectivity index (χ3n) is 3.31. The Morgan fingerprint density at radius 1 is 1.23 bits per heavy atom. The first-order valence-corrected chi connectivity index (χ1v) is 7.04. The van der Waals surface area contributed by atoms with Crippen molar-refractivity contribution >= 4 is 22.7 Å². The van der Waals surface area contributed by atoms with Crippen LogP contribution in [-0.4, -0.2) is 16.0 Å². The Labute approximate surface area is 127 Å². The van der Waals surface area contributed by atoms with Gasteiger partial charge in [-0.15, -0.1) is 0 Å². The fourth-order valence-corrected chi connectivity index (χ4v) is 2.06. The number of carbonyl (C=O) groups excluding carboxylic acids is 1. The summed E-state index contributed by atoms with van der Waals surface area (Å²) in [5.41, 5.74) is 2.40. The first-order valence-electron chi connectivity index (χ1n) is 7.04. The molecule has 2 N–H and O–H groups in total. The van der Waals surface area contributed by atoms with Crippen LogP contribution in [0.15, 0.2) is 46.9 Å². The maximum Gasteiger partial charge on any atom is 0.231 e. The van der Waals surface area contributed by atoms with E-state index in [9.17, 15) is 9.90 Å². The highest BCUT2D eigenvalue weighted by atomic mass is 16.3. The summed E-state index contributed by atoms with van der Waals surface area (Å²) in [5, 5.41) is 12.8. The first kappa shape index (κ1) is 14.1. The van der Waals surface area contributed by atoms with Crippen LogP contribution in [0.5, 0.6) is 5.75 Å². The van der Waals surface area contributed by atoms with Crippen LogP contribution in [0.4, 0.5) is 5.69 Å². The van der Waals surface area contributed by atoms with E-state index in [0.717, 1.165) is 0 Å². The van der Waals surface area contributed by atoms with Crippen molar-refractivity contribution in [2.75, 3.05) is 5.32 Å². The molecule has 0 spiro atoms. The number of aromatic hydroxyl groups is 1. The lowest BCUT2D eigenvalue weighted by Crippen LogP contribution is -2.17. The Morgan fingerprint density at radius 2 is 2.00 bits per heavy atom. The Hall–Kier alpha value is -2.82. The van der Waals surface area contributed by atoms with Gasteiger partial charge in [0.15, 0.2) is 5.58 Å². The van der Waals surface area contributed by atoms with E-state index in [1.54, 1.807) is 12.1 Å². The van der Waals surface area contributed by atoms with Crippen LogP contribution in [0.25, 0.3) is 22.6 Å². The monoisotopic (exact) mass is 296 g/mol. The topological polar surface area (TPSA) is 75.4 Å². The predicted octanol–water partition coefficient (Wildman–Crippen LogP) is 3.79. The zero-order valence-corrected chi connectivity index (χ0v) is 12.3. The summed E-state index contributed by atoms with van der Waals surface area (Å²) in [7, 11) is 0. The number of rotatable bonds is 3. The van der Waals surface area contributed by atoms with Gasteiger partial charge in [-0.2, -0.15) is 0 Å². The van der Waals surface area contributed by atoms with E-state index < -0.39 is 0 Å². The number of nitrogens with one attached hydrogen (secondary N) is 1. The number of para-hydroxylation sites is 2. The van der Waals surface area contributed by atoms with Crippen LogP contribution < -0.4 is 5.32 Å². The lowest BCUT2D eigenvalue weighted by molar-refractivity contribution is -0.118. The molecular formula is C17H16N2O3. The second kappa shape index (κ2) is 5.52. The van der Waals surface area contributed by atoms with Crippen molar-refractivity contribution in [2.45, 2.75) is 13.8 Å². The molecule has 1 heterocycles. The highest BCUT2D eigenvalue weighted by Crippen LogP contribution is 2.33. The molecule has 0 atom stereocenters. The van der Waals surface area contributed by atoms with Crippen molar-refractivity contribution in [3.63, 3.8) is 0 Å². The fraction of sp³-hybridized carbons (Fsp3) is 0.176. The molecule has 22 heavy (non-hydrogen) atoms. The van der Waals surface area contributed by atoms with Crippen LogP contribution >= 0.6 is 0 Å². The van der Waals surface area contributed by atoms with E-state index >= 15 is 0 Å². The molecule has 5 nitrogen and oxygen atoms in total. The Bertz CT molecular complexity index is 804. The smallest absolute Gasteiger partial charge is 0.231 e. The van der Waals surface area contributed by atoms with E-state index in [-0.39, 0.29) is 17.6 Å². The molecule has 0 aliphatic heterocycles. The zero-order valence-electron chi connectivity index (χ0n) is 12.3. The SMILES string of the molecule is CC(C)C(=O)Nc1ccc(O)c(-c2nc3ccccc3o2)c1. The number of benzene rings is 2. The second-order valence-corrected chi connectivity index (χ2v) is 5.36. The minimum atomic E-state index is -0.124. The van der Waals surface area contributed by atoms with Gasteiger partial charge in [0.2, 0.25) is 11.8 Å². The normalized spacial score (nSPS) is 11.0. The van der Waals surface area contributed by atoms with Crippen molar-refractivity contribution in [1.82, 2.24) is 4.98 Å². The first-order chi connectivity index (χ1) is 10.5. The maximum atomic E-state index is 11.8. The Kier molecular flexibility index (Phi) is 3.55. The van der Waals surface area contributed by atoms with Crippen molar-refractivity contribution in [2.24, 2.45) is 5.92 Å². The lowest BCUT2D eigenvalue weighted by atomic mass is 10.1. The van der Waals surface area contributed by atoms with E-state index in [1.807, 2.05) is 38.1 Å². The summed E-state index contributed by atoms with van der Waals surface area (Å²) in [6.07, 6.45) is 0. The number of phenolic OH excluding ortho intramolecular Hbond substituents is 1. The summed E-state index contributed by atoms with van der Waals surface area (Å²) in [6, 6.07) is 12.2. The minimum Gasteiger partial charge on any atom is -0.507 e. The summed E-state index contributed by atoms with van der Waals surface area (Å²) in [5.74, 6) is 0.157. The predicted molar refractivity (Wildman–Crippen MR) is 84.6 cm³/mol. The second-order valence-electron chi connectivity index (χ2n) is 5.36. The number of hydrogen-bond acceptors (Lipinski definition) is 4. The van der Waals surface area contributed by atoms with Crippen LogP contribution in [0.3, 0.4) is 0 Å². The average Bonchev–Trinajstić information content (AvgIpc) is 2.92. The molecule has 0 aliphatic rings. The molecule has 1 aromatic heterocycles. The third kappa shape index (κ3) is 2.65. The maximum absolute atomic E-state index is 11.8. The van der Waals surface area contributed by atoms with E-state index in [0.29, 0.717) is 28.2 Å². The molecule has 0 fully saturated rings. The molecule has 0 radical (unpaired) electrons. The van der Waals surface area contributed by atoms with Gasteiger partial charge in [0, 0.05) is 11.6 Å². The molecule has 0 saturated heterocycles. The van der Waals surface area contributed by atoms with Crippen LogP contribution in [0.1, 0.15) is 13.8 Å². The number of anilines is 1. The summed E-state index contributed by atoms with van der Waals surface area (Å²) in [4.78, 5) is 16.1. The van der Waals surface area contributed by atoms with Crippen molar-refractivity contribution in [3.05, 3.63) is 42.5 Å². The van der Waals surface area contributed by atoms with Gasteiger partial charge < -0.3 is 14.8 Å². The summed E-state index contributed by atoms with van der Waals surface area (Å²) >= 11 is 0. The van der Waals surface area contributed by atoms with Crippen molar-refractivity contribution < 1.29 is 14.3 Å². The molecule has 0 unspecified atom stereocenters. The van der Waals surface area contributed by atoms with Gasteiger partial charge in [-0.05, 0) is 30.3 Å². The summed E-state index contributed by atoms with van der Waals surface area (Å²) < 4.78 is 5.66. The molecule has 0 bridgehead atoms. The van der Waals surface area contributed by atoms with Gasteiger partial charge in [-0.3, -0.25) is 4.79 Å². The van der Waals surface area contributed by atoms with Gasteiger partial charge in [0.1, 0.15) is 11.3 Å². The van der Waals surface area contributed by atoms with E-state index in [2.05, 4.69) is 10.3 Å². The van der Waals surface area contributed by atoms with Gasteiger partial charge in [0.25, 0.3) is 0 Å². The number of nitrogens with zero attached hydrogens (tertiary/aromatic N) is 1. The third-order valence-corrected chi connectivity index (χ3v) is 3.31. The number of phenols is 1. The molecule has 3 aromatic rings. The number of carbonyl (C=O) groups is 1. The zero-order chi connectivity index (χ0) is 15.7. The lowest BCUT2D eigenvalue weighted by Gasteiger charge is -2.09. The van der Waals surface area contributed by atoms with Crippen LogP contribution in [-0.2, 0) is 4.79 Å². The number of amides is 1. The summed E-state index contributed by atoms with van der Waals surface area (Å²) in [6.45, 7) is 3.63. The van der Waals surface area contributed by atoms with Gasteiger partial charge in [-0.1, -0.05) is 26.0 Å². The van der Waals surface area contributed by atoms with Crippen LogP contribution in [0, 0.1) is 5.92 Å². The number of fused-ring (bicyclic) bond motifs is 1. The van der Waals surface area contributed by atoms with E-state index in [1.165, 1.54) is 6.07 Å². The standard InChI is InChI=1S/C17H16N2O3/c1-10(2)16(21)18-11-7-8-14(20)12(9-11)17-19-13-5-3-4-6-15(13)22-17/h3-10,20H,1-2H3,(H,18,21). The molecule has 2 aromatic carbocycles. The quantitative estimate of drug-likeness (QED) is 0.721. The Balaban J connectivity index is 2.00. The average molecular weight is 296 g/mol. The minimum absolute atomic E-state index is 0.0501. The van der Waals surface area contributed by atoms with Gasteiger partial charge in [-0.25, -0.2) is 4.98 Å². The van der Waals surface area contributed by atoms with E-state index in [4.69, 9.17) is 4.42 Å². The molecule has 0 saturated carbocycles. The molecule has 0 aliphatic carbocycles. The van der Waals surface area contributed by atoms with Gasteiger partial charge in [0.05, 0.1) is 5.56 Å².